The normalized spacial score (nSPS) is 10.7. The Morgan fingerprint density at radius 2 is 1.63 bits per heavy atom. The monoisotopic (exact) mass is 383 g/mol. The van der Waals surface area contributed by atoms with Crippen LogP contribution in [0.5, 0.6) is 0 Å². The van der Waals surface area contributed by atoms with Crippen LogP contribution in [0, 0.1) is 0 Å². The molecule has 0 atom stereocenters. The van der Waals surface area contributed by atoms with Gasteiger partial charge in [0.1, 0.15) is 5.70 Å². The van der Waals surface area contributed by atoms with Crippen LogP contribution in [0.2, 0.25) is 0 Å². The molecule has 140 valence electrons. The van der Waals surface area contributed by atoms with E-state index in [0.29, 0.717) is 5.56 Å². The van der Waals surface area contributed by atoms with E-state index in [1.165, 1.54) is 0 Å². The lowest BCUT2D eigenvalue weighted by Crippen LogP contribution is -2.47. The Balaban J connectivity index is 2.26. The molecule has 2 aromatic rings. The van der Waals surface area contributed by atoms with Crippen molar-refractivity contribution in [3.05, 3.63) is 71.4 Å². The summed E-state index contributed by atoms with van der Waals surface area (Å²) in [4.78, 5) is 26.8. The van der Waals surface area contributed by atoms with Gasteiger partial charge in [0.15, 0.2) is 5.11 Å². The van der Waals surface area contributed by atoms with Gasteiger partial charge in [-0.05, 0) is 48.1 Å². The largest absolute Gasteiger partial charge is 0.378 e. The Morgan fingerprint density at radius 1 is 1.00 bits per heavy atom. The van der Waals surface area contributed by atoms with Crippen LogP contribution in [0.25, 0.3) is 6.08 Å². The third-order valence-electron chi connectivity index (χ3n) is 3.55. The van der Waals surface area contributed by atoms with Gasteiger partial charge in [0, 0.05) is 25.3 Å². The molecule has 8 heteroatoms. The van der Waals surface area contributed by atoms with Gasteiger partial charge in [-0.2, -0.15) is 0 Å². The van der Waals surface area contributed by atoms with Crippen LogP contribution in [0.4, 0.5) is 5.69 Å². The summed E-state index contributed by atoms with van der Waals surface area (Å²) in [5, 5.41) is 2.53. The van der Waals surface area contributed by atoms with Crippen molar-refractivity contribution >= 4 is 40.9 Å². The number of anilines is 1. The van der Waals surface area contributed by atoms with Gasteiger partial charge in [-0.15, -0.1) is 0 Å². The van der Waals surface area contributed by atoms with E-state index in [1.54, 1.807) is 36.4 Å². The summed E-state index contributed by atoms with van der Waals surface area (Å²) in [6.07, 6.45) is 1.57. The van der Waals surface area contributed by atoms with Crippen LogP contribution in [0.3, 0.4) is 0 Å². The first-order valence-electron chi connectivity index (χ1n) is 8.08. The molecule has 5 N–H and O–H groups in total. The van der Waals surface area contributed by atoms with Crippen LogP contribution < -0.4 is 26.8 Å². The highest BCUT2D eigenvalue weighted by molar-refractivity contribution is 7.80. The zero-order valence-corrected chi connectivity index (χ0v) is 15.8. The minimum absolute atomic E-state index is 0.0465. The van der Waals surface area contributed by atoms with E-state index in [0.717, 1.165) is 11.3 Å². The summed E-state index contributed by atoms with van der Waals surface area (Å²) in [7, 11) is 3.87. The van der Waals surface area contributed by atoms with E-state index >= 15 is 0 Å². The third-order valence-corrected chi connectivity index (χ3v) is 3.65. The van der Waals surface area contributed by atoms with Crippen molar-refractivity contribution in [1.29, 1.82) is 0 Å². The number of carbonyl (C=O) groups excluding carboxylic acids is 2. The quantitative estimate of drug-likeness (QED) is 0.354. The minimum atomic E-state index is -0.580. The van der Waals surface area contributed by atoms with Crippen LogP contribution in [0.1, 0.15) is 15.9 Å². The molecule has 0 aliphatic heterocycles. The predicted molar refractivity (Wildman–Crippen MR) is 111 cm³/mol. The molecule has 0 aliphatic carbocycles. The molecular formula is C19H21N5O2S. The van der Waals surface area contributed by atoms with Crippen LogP contribution in [-0.4, -0.2) is 31.0 Å². The van der Waals surface area contributed by atoms with Crippen LogP contribution in [-0.2, 0) is 4.79 Å². The second-order valence-corrected chi connectivity index (χ2v) is 6.25. The molecule has 0 fully saturated rings. The van der Waals surface area contributed by atoms with Gasteiger partial charge in [-0.25, -0.2) is 0 Å². The standard InChI is InChI=1S/C19H21N5O2S/c1-24(2)15-10-8-13(9-11-15)12-16(18(26)22-23-19(20)27)21-17(25)14-6-4-3-5-7-14/h3-12H,1-2H3,(H,21,25)(H,22,26)(H3,20,23,27). The van der Waals surface area contributed by atoms with E-state index in [1.807, 2.05) is 43.3 Å². The Labute approximate surface area is 163 Å². The second kappa shape index (κ2) is 9.35. The Bertz CT molecular complexity index is 848. The summed E-state index contributed by atoms with van der Waals surface area (Å²) in [6, 6.07) is 16.1. The summed E-state index contributed by atoms with van der Waals surface area (Å²) < 4.78 is 0. The summed E-state index contributed by atoms with van der Waals surface area (Å²) >= 11 is 4.67. The molecule has 0 radical (unpaired) electrons. The summed E-state index contributed by atoms with van der Waals surface area (Å²) in [5.41, 5.74) is 12.3. The molecule has 27 heavy (non-hydrogen) atoms. The molecule has 0 aromatic heterocycles. The maximum absolute atomic E-state index is 12.4. The van der Waals surface area contributed by atoms with Crippen molar-refractivity contribution in [2.45, 2.75) is 0 Å². The van der Waals surface area contributed by atoms with E-state index in [-0.39, 0.29) is 10.8 Å². The molecule has 0 aliphatic rings. The highest BCUT2D eigenvalue weighted by Gasteiger charge is 2.14. The lowest BCUT2D eigenvalue weighted by molar-refractivity contribution is -0.118. The third kappa shape index (κ3) is 6.12. The van der Waals surface area contributed by atoms with E-state index in [9.17, 15) is 9.59 Å². The lowest BCUT2D eigenvalue weighted by Gasteiger charge is -2.13. The molecule has 0 unspecified atom stereocenters. The summed E-state index contributed by atoms with van der Waals surface area (Å²) in [6.45, 7) is 0. The predicted octanol–water partition coefficient (Wildman–Crippen LogP) is 1.39. The number of carbonyl (C=O) groups is 2. The van der Waals surface area contributed by atoms with E-state index in [2.05, 4.69) is 28.4 Å². The van der Waals surface area contributed by atoms with Gasteiger partial charge in [-0.1, -0.05) is 30.3 Å². The van der Waals surface area contributed by atoms with E-state index < -0.39 is 11.8 Å². The van der Waals surface area contributed by atoms with Gasteiger partial charge in [-0.3, -0.25) is 20.4 Å². The van der Waals surface area contributed by atoms with Crippen molar-refractivity contribution in [3.63, 3.8) is 0 Å². The maximum atomic E-state index is 12.4. The highest BCUT2D eigenvalue weighted by Crippen LogP contribution is 2.14. The first-order chi connectivity index (χ1) is 12.9. The topological polar surface area (TPSA) is 99.5 Å². The second-order valence-electron chi connectivity index (χ2n) is 5.81. The maximum Gasteiger partial charge on any atom is 0.286 e. The lowest BCUT2D eigenvalue weighted by atomic mass is 10.1. The molecular weight excluding hydrogens is 362 g/mol. The highest BCUT2D eigenvalue weighted by atomic mass is 32.1. The number of nitrogens with one attached hydrogen (secondary N) is 3. The van der Waals surface area contributed by atoms with Crippen molar-refractivity contribution in [2.24, 2.45) is 5.73 Å². The van der Waals surface area contributed by atoms with Gasteiger partial charge in [0.2, 0.25) is 0 Å². The van der Waals surface area contributed by atoms with Gasteiger partial charge in [0.05, 0.1) is 0 Å². The number of hydrazine groups is 1. The van der Waals surface area contributed by atoms with Crippen LogP contribution in [0.15, 0.2) is 60.3 Å². The van der Waals surface area contributed by atoms with Crippen molar-refractivity contribution in [3.8, 4) is 0 Å². The van der Waals surface area contributed by atoms with Crippen molar-refractivity contribution in [2.75, 3.05) is 19.0 Å². The molecule has 2 aromatic carbocycles. The average Bonchev–Trinajstić information content (AvgIpc) is 2.66. The van der Waals surface area contributed by atoms with Crippen LogP contribution >= 0.6 is 12.2 Å². The Morgan fingerprint density at radius 3 is 2.19 bits per heavy atom. The minimum Gasteiger partial charge on any atom is -0.378 e. The fraction of sp³-hybridized carbons (Fsp3) is 0.105. The van der Waals surface area contributed by atoms with E-state index in [4.69, 9.17) is 5.73 Å². The first-order valence-corrected chi connectivity index (χ1v) is 8.49. The number of benzene rings is 2. The van der Waals surface area contributed by atoms with Gasteiger partial charge >= 0.3 is 0 Å². The van der Waals surface area contributed by atoms with Crippen molar-refractivity contribution in [1.82, 2.24) is 16.2 Å². The molecule has 2 amide bonds. The Hall–Kier alpha value is -3.39. The molecule has 0 saturated heterocycles. The molecule has 0 heterocycles. The fourth-order valence-corrected chi connectivity index (χ4v) is 2.21. The zero-order valence-electron chi connectivity index (χ0n) is 15.0. The zero-order chi connectivity index (χ0) is 19.8. The molecule has 2 rings (SSSR count). The molecule has 0 spiro atoms. The molecule has 0 bridgehead atoms. The van der Waals surface area contributed by atoms with Gasteiger partial charge < -0.3 is 16.0 Å². The molecule has 7 nitrogen and oxygen atoms in total. The Kier molecular flexibility index (Phi) is 6.90. The average molecular weight is 383 g/mol. The number of nitrogens with zero attached hydrogens (tertiary/aromatic N) is 1. The first kappa shape index (κ1) is 19.9. The number of rotatable bonds is 5. The fourth-order valence-electron chi connectivity index (χ4n) is 2.16. The SMILES string of the molecule is CN(C)c1ccc(C=C(NC(=O)c2ccccc2)C(=O)NNC(N)=S)cc1. The number of hydrogen-bond acceptors (Lipinski definition) is 4. The summed E-state index contributed by atoms with van der Waals surface area (Å²) in [5.74, 6) is -0.985. The number of nitrogens with two attached hydrogens (primary N) is 1. The molecule has 0 saturated carbocycles. The van der Waals surface area contributed by atoms with Crippen molar-refractivity contribution < 1.29 is 9.59 Å². The van der Waals surface area contributed by atoms with Gasteiger partial charge in [0.25, 0.3) is 11.8 Å². The smallest absolute Gasteiger partial charge is 0.286 e. The number of amides is 2. The number of hydrogen-bond donors (Lipinski definition) is 4. The number of thiocarbonyl (C=S) groups is 1.